The van der Waals surface area contributed by atoms with Crippen LogP contribution in [0, 0.1) is 16.3 Å². The summed E-state index contributed by atoms with van der Waals surface area (Å²) in [4.78, 5) is 13.7. The molecule has 0 saturated heterocycles. The Bertz CT molecular complexity index is 774. The summed E-state index contributed by atoms with van der Waals surface area (Å²) in [6.07, 6.45) is 6.46. The molecule has 1 N–H and O–H groups in total. The average Bonchev–Trinajstić information content (AvgIpc) is 2.61. The van der Waals surface area contributed by atoms with Crippen molar-refractivity contribution in [2.75, 3.05) is 5.32 Å². The molecule has 132 valence electrons. The van der Waals surface area contributed by atoms with E-state index in [4.69, 9.17) is 0 Å². The number of thioether (sulfide) groups is 1. The molecule has 1 amide bonds. The Balaban J connectivity index is 1.73. The fourth-order valence-corrected chi connectivity index (χ4v) is 5.04. The van der Waals surface area contributed by atoms with Crippen LogP contribution in [0.3, 0.4) is 0 Å². The van der Waals surface area contributed by atoms with Gasteiger partial charge in [-0.1, -0.05) is 19.3 Å². The molecule has 0 heterocycles. The van der Waals surface area contributed by atoms with Crippen LogP contribution in [0.25, 0.3) is 0 Å². The highest BCUT2D eigenvalue weighted by atomic mass is 127. The quantitative estimate of drug-likeness (QED) is 0.524. The van der Waals surface area contributed by atoms with Gasteiger partial charge in [-0.25, -0.2) is 4.39 Å². The van der Waals surface area contributed by atoms with E-state index in [2.05, 4.69) is 27.9 Å². The van der Waals surface area contributed by atoms with E-state index >= 15 is 0 Å². The lowest BCUT2D eigenvalue weighted by atomic mass is 10.0. The first-order chi connectivity index (χ1) is 12.0. The molecule has 1 saturated carbocycles. The molecule has 0 bridgehead atoms. The van der Waals surface area contributed by atoms with Gasteiger partial charge in [0, 0.05) is 25.0 Å². The molecule has 0 atom stereocenters. The number of hydrogen-bond acceptors (Lipinski definition) is 2. The van der Waals surface area contributed by atoms with Crippen LogP contribution in [0.5, 0.6) is 0 Å². The summed E-state index contributed by atoms with van der Waals surface area (Å²) in [5, 5.41) is 3.51. The number of nitrogens with one attached hydrogen (secondary N) is 1. The first-order valence-electron chi connectivity index (χ1n) is 8.56. The second kappa shape index (κ2) is 8.54. The van der Waals surface area contributed by atoms with Gasteiger partial charge in [-0.3, -0.25) is 4.79 Å². The molecule has 0 aliphatic heterocycles. The van der Waals surface area contributed by atoms with Crippen LogP contribution in [0.15, 0.2) is 41.3 Å². The Morgan fingerprint density at radius 3 is 2.64 bits per heavy atom. The van der Waals surface area contributed by atoms with Gasteiger partial charge in [-0.15, -0.1) is 11.8 Å². The van der Waals surface area contributed by atoms with Crippen molar-refractivity contribution >= 4 is 45.9 Å². The number of carbonyl (C=O) groups excluding carboxylic acids is 1. The fourth-order valence-electron chi connectivity index (χ4n) is 3.02. The molecule has 0 spiro atoms. The van der Waals surface area contributed by atoms with Crippen LogP contribution in [0.2, 0.25) is 0 Å². The predicted molar refractivity (Wildman–Crippen MR) is 111 cm³/mol. The molecule has 2 aromatic rings. The van der Waals surface area contributed by atoms with E-state index in [9.17, 15) is 9.18 Å². The second-order valence-corrected chi connectivity index (χ2v) is 8.95. The van der Waals surface area contributed by atoms with Gasteiger partial charge < -0.3 is 5.32 Å². The van der Waals surface area contributed by atoms with Gasteiger partial charge in [-0.2, -0.15) is 0 Å². The zero-order valence-corrected chi connectivity index (χ0v) is 17.1. The number of benzene rings is 2. The van der Waals surface area contributed by atoms with Gasteiger partial charge >= 0.3 is 0 Å². The first kappa shape index (κ1) is 18.7. The summed E-state index contributed by atoms with van der Waals surface area (Å²) >= 11 is 4.23. The van der Waals surface area contributed by atoms with Gasteiger partial charge in [0.25, 0.3) is 5.91 Å². The van der Waals surface area contributed by atoms with Crippen molar-refractivity contribution in [2.24, 2.45) is 0 Å². The van der Waals surface area contributed by atoms with Crippen LogP contribution in [-0.2, 0) is 0 Å². The van der Waals surface area contributed by atoms with Crippen LogP contribution >= 0.6 is 34.4 Å². The van der Waals surface area contributed by atoms with E-state index in [0.717, 1.165) is 0 Å². The summed E-state index contributed by atoms with van der Waals surface area (Å²) in [7, 11) is 0. The van der Waals surface area contributed by atoms with Crippen molar-refractivity contribution in [1.29, 1.82) is 0 Å². The number of carbonyl (C=O) groups is 1. The van der Waals surface area contributed by atoms with Gasteiger partial charge in [-0.05, 0) is 84.3 Å². The highest BCUT2D eigenvalue weighted by Crippen LogP contribution is 2.36. The van der Waals surface area contributed by atoms with Gasteiger partial charge in [0.05, 0.1) is 0 Å². The monoisotopic (exact) mass is 469 g/mol. The SMILES string of the molecule is Cc1cc(NC(=O)c2ccc(I)c(SC3CCCCC3)c2)ccc1F. The summed E-state index contributed by atoms with van der Waals surface area (Å²) < 4.78 is 14.5. The molecule has 5 heteroatoms. The summed E-state index contributed by atoms with van der Waals surface area (Å²) in [5.74, 6) is -0.425. The molecule has 0 radical (unpaired) electrons. The maximum Gasteiger partial charge on any atom is 0.255 e. The number of halogens is 2. The van der Waals surface area contributed by atoms with E-state index in [-0.39, 0.29) is 11.7 Å². The molecule has 1 aliphatic carbocycles. The van der Waals surface area contributed by atoms with Crippen molar-refractivity contribution in [1.82, 2.24) is 0 Å². The van der Waals surface area contributed by atoms with E-state index in [1.807, 2.05) is 30.0 Å². The number of hydrogen-bond donors (Lipinski definition) is 1. The Hall–Kier alpha value is -1.08. The average molecular weight is 469 g/mol. The lowest BCUT2D eigenvalue weighted by Crippen LogP contribution is -2.13. The van der Waals surface area contributed by atoms with Gasteiger partial charge in [0.15, 0.2) is 0 Å². The van der Waals surface area contributed by atoms with E-state index < -0.39 is 0 Å². The highest BCUT2D eigenvalue weighted by molar-refractivity contribution is 14.1. The van der Waals surface area contributed by atoms with Crippen molar-refractivity contribution in [3.05, 3.63) is 56.9 Å². The summed E-state index contributed by atoms with van der Waals surface area (Å²) in [6.45, 7) is 1.69. The largest absolute Gasteiger partial charge is 0.322 e. The Kier molecular flexibility index (Phi) is 6.39. The lowest BCUT2D eigenvalue weighted by Gasteiger charge is -2.21. The molecular formula is C20H21FINOS. The minimum atomic E-state index is -0.265. The third kappa shape index (κ3) is 4.97. The molecule has 2 nitrogen and oxygen atoms in total. The molecule has 2 aromatic carbocycles. The number of rotatable bonds is 4. The smallest absolute Gasteiger partial charge is 0.255 e. The van der Waals surface area contributed by atoms with Crippen LogP contribution in [0.1, 0.15) is 48.0 Å². The van der Waals surface area contributed by atoms with Crippen LogP contribution in [0.4, 0.5) is 10.1 Å². The fraction of sp³-hybridized carbons (Fsp3) is 0.350. The standard InChI is InChI=1S/C20H21FINOS/c1-13-11-15(8-9-17(13)21)23-20(24)14-7-10-18(22)19(12-14)25-16-5-3-2-4-6-16/h7-12,16H,2-6H2,1H3,(H,23,24). The summed E-state index contributed by atoms with van der Waals surface area (Å²) in [5.41, 5.74) is 1.78. The normalized spacial score (nSPS) is 15.2. The zero-order valence-electron chi connectivity index (χ0n) is 14.1. The Labute approximate surface area is 166 Å². The maximum absolute atomic E-state index is 13.4. The van der Waals surface area contributed by atoms with E-state index in [0.29, 0.717) is 22.1 Å². The van der Waals surface area contributed by atoms with Crippen LogP contribution in [-0.4, -0.2) is 11.2 Å². The molecule has 3 rings (SSSR count). The van der Waals surface area contributed by atoms with Gasteiger partial charge in [0.2, 0.25) is 0 Å². The topological polar surface area (TPSA) is 29.1 Å². The Morgan fingerprint density at radius 2 is 1.92 bits per heavy atom. The third-order valence-corrected chi connectivity index (χ3v) is 7.16. The second-order valence-electron chi connectivity index (χ2n) is 6.44. The number of amides is 1. The molecule has 1 aliphatic rings. The van der Waals surface area contributed by atoms with E-state index in [1.54, 1.807) is 19.1 Å². The first-order valence-corrected chi connectivity index (χ1v) is 10.5. The zero-order chi connectivity index (χ0) is 17.8. The van der Waals surface area contributed by atoms with Gasteiger partial charge in [0.1, 0.15) is 5.82 Å². The predicted octanol–water partition coefficient (Wildman–Crippen LogP) is 6.42. The van der Waals surface area contributed by atoms with Crippen LogP contribution < -0.4 is 5.32 Å². The van der Waals surface area contributed by atoms with E-state index in [1.165, 1.54) is 46.6 Å². The van der Waals surface area contributed by atoms with Crippen molar-refractivity contribution in [3.63, 3.8) is 0 Å². The molecular weight excluding hydrogens is 448 g/mol. The minimum Gasteiger partial charge on any atom is -0.322 e. The minimum absolute atomic E-state index is 0.159. The number of anilines is 1. The molecule has 25 heavy (non-hydrogen) atoms. The maximum atomic E-state index is 13.4. The van der Waals surface area contributed by atoms with Crippen molar-refractivity contribution in [3.8, 4) is 0 Å². The molecule has 0 unspecified atom stereocenters. The van der Waals surface area contributed by atoms with Crippen molar-refractivity contribution in [2.45, 2.75) is 49.2 Å². The summed E-state index contributed by atoms with van der Waals surface area (Å²) in [6, 6.07) is 10.4. The number of aryl methyl sites for hydroxylation is 1. The molecule has 0 aromatic heterocycles. The Morgan fingerprint density at radius 1 is 1.16 bits per heavy atom. The highest BCUT2D eigenvalue weighted by Gasteiger charge is 2.17. The molecule has 1 fully saturated rings. The lowest BCUT2D eigenvalue weighted by molar-refractivity contribution is 0.102. The third-order valence-electron chi connectivity index (χ3n) is 4.46. The van der Waals surface area contributed by atoms with Crippen molar-refractivity contribution < 1.29 is 9.18 Å².